The normalized spacial score (nSPS) is 11.3. The molecule has 16 nitrogen and oxygen atoms in total. The minimum atomic E-state index is 0.295. The van der Waals surface area contributed by atoms with Crippen molar-refractivity contribution < 1.29 is 4.74 Å². The Kier molecular flexibility index (Phi) is 22.3. The zero-order valence-corrected chi connectivity index (χ0v) is 33.7. The van der Waals surface area contributed by atoms with Gasteiger partial charge in [-0.3, -0.25) is 0 Å². The van der Waals surface area contributed by atoms with Crippen molar-refractivity contribution in [2.45, 2.75) is 95.4 Å². The summed E-state index contributed by atoms with van der Waals surface area (Å²) in [6.45, 7) is 19.0. The fourth-order valence-electron chi connectivity index (χ4n) is 3.27. The molecule has 0 bridgehead atoms. The van der Waals surface area contributed by atoms with E-state index in [4.69, 9.17) is 4.74 Å². The molecule has 0 saturated carbocycles. The molecule has 3 heterocycles. The molecule has 0 radical (unpaired) electrons. The lowest BCUT2D eigenvalue weighted by atomic mass is 10.1. The van der Waals surface area contributed by atoms with Gasteiger partial charge < -0.3 is 36.6 Å². The van der Waals surface area contributed by atoms with Crippen molar-refractivity contribution in [3.63, 3.8) is 0 Å². The van der Waals surface area contributed by atoms with Gasteiger partial charge in [0.2, 0.25) is 35.7 Å². The molecule has 0 aromatic carbocycles. The minimum Gasteiger partial charge on any atom is -0.385 e. The van der Waals surface area contributed by atoms with Crippen molar-refractivity contribution in [3.05, 3.63) is 0 Å². The van der Waals surface area contributed by atoms with Gasteiger partial charge in [-0.05, 0) is 72.6 Å². The van der Waals surface area contributed by atoms with Crippen molar-refractivity contribution >= 4 is 71.0 Å². The van der Waals surface area contributed by atoms with Gasteiger partial charge in [0.15, 0.2) is 15.5 Å². The molecule has 3 rings (SSSR count). The van der Waals surface area contributed by atoms with E-state index in [0.717, 1.165) is 31.3 Å². The third kappa shape index (κ3) is 19.0. The highest BCUT2D eigenvalue weighted by molar-refractivity contribution is 7.98. The Morgan fingerprint density at radius 3 is 1.37 bits per heavy atom. The summed E-state index contributed by atoms with van der Waals surface area (Å²) in [5.41, 5.74) is 0. The van der Waals surface area contributed by atoms with Gasteiger partial charge in [-0.15, -0.1) is 0 Å². The van der Waals surface area contributed by atoms with Crippen LogP contribution in [0.2, 0.25) is 0 Å². The van der Waals surface area contributed by atoms with Crippen molar-refractivity contribution in [1.82, 2.24) is 44.9 Å². The highest BCUT2D eigenvalue weighted by Gasteiger charge is 2.11. The van der Waals surface area contributed by atoms with Crippen molar-refractivity contribution in [3.8, 4) is 0 Å². The molecule has 0 spiro atoms. The molecular weight excluding hydrogens is 683 g/mol. The number of hydrogen-bond acceptors (Lipinski definition) is 19. The van der Waals surface area contributed by atoms with Crippen LogP contribution in [0.15, 0.2) is 15.5 Å². The van der Waals surface area contributed by atoms with Gasteiger partial charge in [0, 0.05) is 52.0 Å². The summed E-state index contributed by atoms with van der Waals surface area (Å²) >= 11 is 4.51. The van der Waals surface area contributed by atoms with Crippen LogP contribution < -0.4 is 31.9 Å². The van der Waals surface area contributed by atoms with Gasteiger partial charge in [-0.25, -0.2) is 0 Å². The molecule has 0 aliphatic carbocycles. The maximum Gasteiger partial charge on any atom is 0.228 e. The Bertz CT molecular complexity index is 1320. The number of anilines is 6. The third-order valence-corrected chi connectivity index (χ3v) is 7.59. The Morgan fingerprint density at radius 1 is 0.571 bits per heavy atom. The van der Waals surface area contributed by atoms with E-state index in [1.807, 2.05) is 53.4 Å². The van der Waals surface area contributed by atoms with Gasteiger partial charge in [-0.2, -0.15) is 44.9 Å². The quantitative estimate of drug-likeness (QED) is 0.0675. The second-order valence-electron chi connectivity index (χ2n) is 11.2. The molecule has 0 fully saturated rings. The monoisotopic (exact) mass is 739 g/mol. The van der Waals surface area contributed by atoms with Crippen molar-refractivity contribution in [2.75, 3.05) is 84.5 Å². The fourth-order valence-corrected chi connectivity index (χ4v) is 4.33. The van der Waals surface area contributed by atoms with Gasteiger partial charge in [0.25, 0.3) is 0 Å². The Hall–Kier alpha value is -3.16. The summed E-state index contributed by atoms with van der Waals surface area (Å²) in [6, 6.07) is 0.946. The number of nitrogens with zero attached hydrogens (tertiary/aromatic N) is 9. The maximum atomic E-state index is 4.99. The largest absolute Gasteiger partial charge is 0.385 e. The summed E-state index contributed by atoms with van der Waals surface area (Å²) in [4.78, 5) is 38.5. The van der Waals surface area contributed by atoms with Gasteiger partial charge in [0.1, 0.15) is 0 Å². The summed E-state index contributed by atoms with van der Waals surface area (Å²) in [6.07, 6.45) is 6.77. The molecule has 1 atom stereocenters. The first-order chi connectivity index (χ1) is 23.4. The minimum absolute atomic E-state index is 0.295. The van der Waals surface area contributed by atoms with E-state index in [1.54, 1.807) is 14.2 Å². The highest BCUT2D eigenvalue weighted by Crippen LogP contribution is 2.17. The van der Waals surface area contributed by atoms with E-state index in [2.05, 4.69) is 97.5 Å². The molecule has 3 aromatic rings. The number of thioether (sulfide) groups is 3. The van der Waals surface area contributed by atoms with Crippen LogP contribution in [0.4, 0.5) is 35.7 Å². The SMILES string of the molecule is CCNc1nc(NC(C)C(C)C)nc(SC)n1.CNc1nc(NC(C)C)nc(SC)n1.COCCCNc1nc(NC(C)C)nc(SC)n1. The maximum absolute atomic E-state index is 4.99. The standard InChI is InChI=1S/C11H21N5OS.C11H21N5S.C8H15N5S/c1-8(2)13-10-14-9(12-6-5-7-17-3)15-11(16-10)18-4;1-6-12-9-14-10(13-8(4)7(2)3)16-11(15-9)17-5;1-5(2)10-7-11-6(9-3)12-8(13-7)14-4/h8H,5-7H2,1-4H3,(H2,12,13,14,15,16);7-8H,6H2,1-5H3,(H2,12,13,14,15,16);5H,1-4H3,(H2,9,10,11,12,13). The lowest BCUT2D eigenvalue weighted by Crippen LogP contribution is -2.23. The molecular formula is C30H57N15OS3. The first-order valence-electron chi connectivity index (χ1n) is 16.2. The van der Waals surface area contributed by atoms with Gasteiger partial charge in [0.05, 0.1) is 0 Å². The molecule has 6 N–H and O–H groups in total. The molecule has 276 valence electrons. The zero-order chi connectivity index (χ0) is 36.8. The molecule has 0 aliphatic heterocycles. The van der Waals surface area contributed by atoms with E-state index >= 15 is 0 Å². The van der Waals surface area contributed by atoms with Crippen LogP contribution in [0.3, 0.4) is 0 Å². The summed E-state index contributed by atoms with van der Waals surface area (Å²) in [5.74, 6) is 4.22. The number of methoxy groups -OCH3 is 1. The first-order valence-corrected chi connectivity index (χ1v) is 19.9. The topological polar surface area (TPSA) is 197 Å². The molecule has 0 saturated heterocycles. The Balaban J connectivity index is 0.000000370. The van der Waals surface area contributed by atoms with Crippen LogP contribution in [0.5, 0.6) is 0 Å². The van der Waals surface area contributed by atoms with Crippen molar-refractivity contribution in [2.24, 2.45) is 5.92 Å². The van der Waals surface area contributed by atoms with Crippen LogP contribution in [-0.4, -0.2) is 116 Å². The van der Waals surface area contributed by atoms with Gasteiger partial charge >= 0.3 is 0 Å². The molecule has 3 aromatic heterocycles. The molecule has 19 heteroatoms. The second kappa shape index (κ2) is 24.9. The predicted octanol–water partition coefficient (Wildman–Crippen LogP) is 5.80. The lowest BCUT2D eigenvalue weighted by Gasteiger charge is -2.17. The molecule has 0 amide bonds. The lowest BCUT2D eigenvalue weighted by molar-refractivity contribution is 0.197. The average molecular weight is 740 g/mol. The second-order valence-corrected chi connectivity index (χ2v) is 13.6. The zero-order valence-electron chi connectivity index (χ0n) is 31.3. The van der Waals surface area contributed by atoms with E-state index in [1.165, 1.54) is 35.3 Å². The fraction of sp³-hybridized carbons (Fsp3) is 0.700. The Labute approximate surface area is 305 Å². The van der Waals surface area contributed by atoms with E-state index in [9.17, 15) is 0 Å². The van der Waals surface area contributed by atoms with Crippen LogP contribution >= 0.6 is 35.3 Å². The number of rotatable bonds is 18. The van der Waals surface area contributed by atoms with E-state index < -0.39 is 0 Å². The first kappa shape index (κ1) is 43.9. The number of nitrogens with one attached hydrogen (secondary N) is 6. The number of hydrogen-bond donors (Lipinski definition) is 6. The van der Waals surface area contributed by atoms with Crippen molar-refractivity contribution in [1.29, 1.82) is 0 Å². The number of ether oxygens (including phenoxy) is 1. The summed E-state index contributed by atoms with van der Waals surface area (Å²) in [7, 11) is 3.48. The molecule has 1 unspecified atom stereocenters. The molecule has 49 heavy (non-hydrogen) atoms. The smallest absolute Gasteiger partial charge is 0.228 e. The van der Waals surface area contributed by atoms with Crippen LogP contribution in [0.25, 0.3) is 0 Å². The van der Waals surface area contributed by atoms with E-state index in [-0.39, 0.29) is 0 Å². The Morgan fingerprint density at radius 2 is 0.980 bits per heavy atom. The highest BCUT2D eigenvalue weighted by atomic mass is 32.2. The number of aromatic nitrogens is 9. The average Bonchev–Trinajstić information content (AvgIpc) is 3.06. The predicted molar refractivity (Wildman–Crippen MR) is 209 cm³/mol. The van der Waals surface area contributed by atoms with Gasteiger partial charge in [-0.1, -0.05) is 49.1 Å². The summed E-state index contributed by atoms with van der Waals surface area (Å²) < 4.78 is 4.99. The van der Waals surface area contributed by atoms with Crippen LogP contribution in [0.1, 0.15) is 61.8 Å². The third-order valence-electron chi connectivity index (χ3n) is 5.95. The molecule has 0 aliphatic rings. The van der Waals surface area contributed by atoms with E-state index in [0.29, 0.717) is 70.0 Å². The van der Waals surface area contributed by atoms with Crippen LogP contribution in [0, 0.1) is 5.92 Å². The summed E-state index contributed by atoms with van der Waals surface area (Å²) in [5, 5.41) is 21.0. The van der Waals surface area contributed by atoms with Crippen LogP contribution in [-0.2, 0) is 4.74 Å².